The van der Waals surface area contributed by atoms with Gasteiger partial charge in [0.1, 0.15) is 0 Å². The number of nitrogens with zero attached hydrogens (tertiary/aromatic N) is 1. The Morgan fingerprint density at radius 2 is 1.61 bits per heavy atom. The van der Waals surface area contributed by atoms with Crippen LogP contribution in [0.2, 0.25) is 0 Å². The molecule has 2 aliphatic rings. The van der Waals surface area contributed by atoms with Gasteiger partial charge in [0.25, 0.3) is 5.91 Å². The Kier molecular flexibility index (Phi) is 7.75. The molecular weight excluding hydrogens is 360 g/mol. The summed E-state index contributed by atoms with van der Waals surface area (Å²) in [7, 11) is 2.22. The van der Waals surface area contributed by atoms with Crippen molar-refractivity contribution in [3.8, 4) is 0 Å². The number of likely N-dealkylation sites (N-methyl/N-ethyl adjacent to an activating group) is 1. The number of hydrogen-bond acceptors (Lipinski definition) is 4. The van der Waals surface area contributed by atoms with Crippen molar-refractivity contribution in [2.75, 3.05) is 13.6 Å². The highest BCUT2D eigenvalue weighted by Gasteiger charge is 2.47. The number of benzene rings is 1. The van der Waals surface area contributed by atoms with Crippen LogP contribution >= 0.6 is 0 Å². The van der Waals surface area contributed by atoms with Crippen LogP contribution in [-0.2, 0) is 9.59 Å². The summed E-state index contributed by atoms with van der Waals surface area (Å²) in [5.41, 5.74) is 0.982. The van der Waals surface area contributed by atoms with Gasteiger partial charge in [-0.15, -0.1) is 0 Å². The van der Waals surface area contributed by atoms with Gasteiger partial charge in [-0.1, -0.05) is 37.5 Å². The molecular formula is C21H28N2O5. The second-order valence-electron chi connectivity index (χ2n) is 7.28. The van der Waals surface area contributed by atoms with E-state index in [2.05, 4.69) is 17.3 Å². The summed E-state index contributed by atoms with van der Waals surface area (Å²) in [4.78, 5) is 34.0. The monoisotopic (exact) mass is 388 g/mol. The van der Waals surface area contributed by atoms with Gasteiger partial charge in [-0.3, -0.25) is 9.69 Å². The van der Waals surface area contributed by atoms with Crippen LogP contribution in [0.25, 0.3) is 0 Å². The standard InChI is InChI=1S/C17H24N2O.C4H4O4/c1-19-13-10-15(17(19)11-6-3-7-12-17)18-16(20)14-8-4-2-5-9-14;5-3(6)1-2-4(7)8/h2,4-5,8-9,15H,3,6-7,10-13H2,1H3,(H,18,20);1-2H,(H,5,6)(H,7,8). The fourth-order valence-corrected chi connectivity index (χ4v) is 4.15. The molecule has 0 bridgehead atoms. The van der Waals surface area contributed by atoms with E-state index in [0.29, 0.717) is 18.2 Å². The molecule has 2 fully saturated rings. The van der Waals surface area contributed by atoms with Crippen LogP contribution in [0.15, 0.2) is 42.5 Å². The first-order valence-corrected chi connectivity index (χ1v) is 9.56. The molecule has 152 valence electrons. The molecule has 0 radical (unpaired) electrons. The van der Waals surface area contributed by atoms with E-state index in [1.54, 1.807) is 0 Å². The largest absolute Gasteiger partial charge is 0.478 e. The Bertz CT molecular complexity index is 695. The zero-order valence-electron chi connectivity index (χ0n) is 16.1. The van der Waals surface area contributed by atoms with E-state index >= 15 is 0 Å². The highest BCUT2D eigenvalue weighted by Crippen LogP contribution is 2.40. The third-order valence-electron chi connectivity index (χ3n) is 5.59. The first-order valence-electron chi connectivity index (χ1n) is 9.56. The Hall–Kier alpha value is -2.67. The molecule has 28 heavy (non-hydrogen) atoms. The second-order valence-corrected chi connectivity index (χ2v) is 7.28. The van der Waals surface area contributed by atoms with Crippen molar-refractivity contribution >= 4 is 17.8 Å². The maximum atomic E-state index is 12.4. The Morgan fingerprint density at radius 3 is 2.14 bits per heavy atom. The summed E-state index contributed by atoms with van der Waals surface area (Å²) < 4.78 is 0. The first-order chi connectivity index (χ1) is 13.3. The summed E-state index contributed by atoms with van der Waals surface area (Å²) in [6.45, 7) is 1.10. The lowest BCUT2D eigenvalue weighted by atomic mass is 9.77. The Balaban J connectivity index is 0.000000300. The van der Waals surface area contributed by atoms with Crippen molar-refractivity contribution in [2.45, 2.75) is 50.1 Å². The third-order valence-corrected chi connectivity index (χ3v) is 5.59. The molecule has 1 aliphatic heterocycles. The van der Waals surface area contributed by atoms with Gasteiger partial charge in [0, 0.05) is 35.8 Å². The SMILES string of the molecule is CN1CCC(NC(=O)c2ccccc2)C12CCCCC2.O=C(O)C=CC(=O)O. The average Bonchev–Trinajstić information content (AvgIpc) is 2.97. The predicted octanol–water partition coefficient (Wildman–Crippen LogP) is 2.54. The smallest absolute Gasteiger partial charge is 0.328 e. The predicted molar refractivity (Wildman–Crippen MR) is 105 cm³/mol. The van der Waals surface area contributed by atoms with E-state index in [1.807, 2.05) is 30.3 Å². The number of amides is 1. The number of likely N-dealkylation sites (tertiary alicyclic amines) is 1. The van der Waals surface area contributed by atoms with Crippen LogP contribution in [0.1, 0.15) is 48.9 Å². The number of carboxylic acids is 2. The normalized spacial score (nSPS) is 21.1. The van der Waals surface area contributed by atoms with E-state index < -0.39 is 11.9 Å². The Morgan fingerprint density at radius 1 is 1.04 bits per heavy atom. The minimum atomic E-state index is -1.26. The summed E-state index contributed by atoms with van der Waals surface area (Å²) >= 11 is 0. The van der Waals surface area contributed by atoms with E-state index in [0.717, 1.165) is 18.5 Å². The average molecular weight is 388 g/mol. The van der Waals surface area contributed by atoms with Crippen molar-refractivity contribution < 1.29 is 24.6 Å². The zero-order chi connectivity index (χ0) is 20.6. The molecule has 1 unspecified atom stereocenters. The highest BCUT2D eigenvalue weighted by atomic mass is 16.4. The van der Waals surface area contributed by atoms with Gasteiger partial charge in [-0.2, -0.15) is 0 Å². The van der Waals surface area contributed by atoms with Crippen LogP contribution in [0, 0.1) is 0 Å². The number of aliphatic carboxylic acids is 2. The maximum Gasteiger partial charge on any atom is 0.328 e. The molecule has 3 N–H and O–H groups in total. The van der Waals surface area contributed by atoms with Crippen molar-refractivity contribution in [3.63, 3.8) is 0 Å². The topological polar surface area (TPSA) is 107 Å². The molecule has 7 heteroatoms. The van der Waals surface area contributed by atoms with Gasteiger partial charge in [0.15, 0.2) is 0 Å². The molecule has 1 saturated carbocycles. The molecule has 7 nitrogen and oxygen atoms in total. The van der Waals surface area contributed by atoms with Crippen LogP contribution in [0.3, 0.4) is 0 Å². The van der Waals surface area contributed by atoms with Gasteiger partial charge >= 0.3 is 11.9 Å². The van der Waals surface area contributed by atoms with Gasteiger partial charge in [-0.25, -0.2) is 9.59 Å². The summed E-state index contributed by atoms with van der Waals surface area (Å²) in [6, 6.07) is 9.88. The van der Waals surface area contributed by atoms with Crippen molar-refractivity contribution in [1.82, 2.24) is 10.2 Å². The fourth-order valence-electron chi connectivity index (χ4n) is 4.15. The third kappa shape index (κ3) is 5.66. The van der Waals surface area contributed by atoms with E-state index in [-0.39, 0.29) is 11.4 Å². The lowest BCUT2D eigenvalue weighted by molar-refractivity contribution is -0.134. The summed E-state index contributed by atoms with van der Waals surface area (Å²) in [5, 5.41) is 18.9. The number of nitrogens with one attached hydrogen (secondary N) is 1. The zero-order valence-corrected chi connectivity index (χ0v) is 16.1. The number of carbonyl (C=O) groups is 3. The molecule has 1 aliphatic carbocycles. The molecule has 1 atom stereocenters. The van der Waals surface area contributed by atoms with E-state index in [1.165, 1.54) is 32.1 Å². The lowest BCUT2D eigenvalue weighted by Crippen LogP contribution is -2.56. The first kappa shape index (κ1) is 21.6. The molecule has 1 aromatic rings. The second kappa shape index (κ2) is 10.0. The minimum Gasteiger partial charge on any atom is -0.478 e. The van der Waals surface area contributed by atoms with E-state index in [9.17, 15) is 14.4 Å². The van der Waals surface area contributed by atoms with Crippen LogP contribution in [0.4, 0.5) is 0 Å². The molecule has 1 amide bonds. The maximum absolute atomic E-state index is 12.4. The van der Waals surface area contributed by atoms with Crippen LogP contribution in [0.5, 0.6) is 0 Å². The highest BCUT2D eigenvalue weighted by molar-refractivity contribution is 5.94. The number of carboxylic acid groups (broad SMARTS) is 2. The molecule has 1 saturated heterocycles. The quantitative estimate of drug-likeness (QED) is 0.684. The number of carbonyl (C=O) groups excluding carboxylic acids is 1. The summed E-state index contributed by atoms with van der Waals surface area (Å²) in [6.07, 6.45) is 8.57. The molecule has 0 aromatic heterocycles. The number of hydrogen-bond donors (Lipinski definition) is 3. The number of rotatable bonds is 4. The Labute approximate surface area is 165 Å². The van der Waals surface area contributed by atoms with Crippen molar-refractivity contribution in [3.05, 3.63) is 48.0 Å². The summed E-state index contributed by atoms with van der Waals surface area (Å²) in [5.74, 6) is -2.43. The van der Waals surface area contributed by atoms with Crippen molar-refractivity contribution in [2.24, 2.45) is 0 Å². The van der Waals surface area contributed by atoms with Gasteiger partial charge in [0.2, 0.25) is 0 Å². The van der Waals surface area contributed by atoms with Gasteiger partial charge in [0.05, 0.1) is 0 Å². The van der Waals surface area contributed by atoms with Crippen LogP contribution in [-0.4, -0.2) is 58.1 Å². The lowest BCUT2D eigenvalue weighted by Gasteiger charge is -2.44. The van der Waals surface area contributed by atoms with Crippen molar-refractivity contribution in [1.29, 1.82) is 0 Å². The fraction of sp³-hybridized carbons (Fsp3) is 0.476. The van der Waals surface area contributed by atoms with Crippen LogP contribution < -0.4 is 5.32 Å². The molecule has 3 rings (SSSR count). The molecule has 1 heterocycles. The van der Waals surface area contributed by atoms with E-state index in [4.69, 9.17) is 10.2 Å². The molecule has 1 aromatic carbocycles. The minimum absolute atomic E-state index is 0.0795. The molecule has 1 spiro atoms. The van der Waals surface area contributed by atoms with Gasteiger partial charge < -0.3 is 15.5 Å². The van der Waals surface area contributed by atoms with Gasteiger partial charge in [-0.05, 0) is 38.4 Å².